The summed E-state index contributed by atoms with van der Waals surface area (Å²) in [5.41, 5.74) is 3.60. The van der Waals surface area contributed by atoms with Crippen molar-refractivity contribution in [1.29, 1.82) is 0 Å². The molecule has 210 valence electrons. The zero-order valence-corrected chi connectivity index (χ0v) is 24.0. The van der Waals surface area contributed by atoms with Crippen LogP contribution in [0.5, 0.6) is 0 Å². The van der Waals surface area contributed by atoms with Gasteiger partial charge in [0.05, 0.1) is 19.8 Å². The molecule has 0 spiro atoms. The molecule has 3 aromatic heterocycles. The van der Waals surface area contributed by atoms with Crippen LogP contribution in [0.2, 0.25) is 0 Å². The highest BCUT2D eigenvalue weighted by Crippen LogP contribution is 2.37. The first-order valence-corrected chi connectivity index (χ1v) is 14.3. The lowest BCUT2D eigenvalue weighted by molar-refractivity contribution is 0.0594. The molecule has 11 heteroatoms. The van der Waals surface area contributed by atoms with Crippen molar-refractivity contribution >= 4 is 56.4 Å². The zero-order chi connectivity index (χ0) is 29.6. The second-order valence-corrected chi connectivity index (χ2v) is 10.5. The van der Waals surface area contributed by atoms with E-state index in [1.807, 2.05) is 60.7 Å². The number of amides is 2. The largest absolute Gasteiger partial charge is 0.465 e. The van der Waals surface area contributed by atoms with E-state index in [0.717, 1.165) is 11.1 Å². The number of hydrogen-bond donors (Lipinski definition) is 2. The Balaban J connectivity index is 1.34. The van der Waals surface area contributed by atoms with Crippen LogP contribution >= 0.6 is 22.7 Å². The predicted octanol–water partition coefficient (Wildman–Crippen LogP) is 6.62. The van der Waals surface area contributed by atoms with Crippen LogP contribution in [0.25, 0.3) is 22.3 Å². The van der Waals surface area contributed by atoms with Gasteiger partial charge < -0.3 is 20.1 Å². The Morgan fingerprint density at radius 3 is 1.55 bits per heavy atom. The Hall–Kier alpha value is -5.13. The molecule has 3 heterocycles. The van der Waals surface area contributed by atoms with Crippen LogP contribution in [0.3, 0.4) is 0 Å². The average molecular weight is 598 g/mol. The third-order valence-electron chi connectivity index (χ3n) is 6.24. The van der Waals surface area contributed by atoms with E-state index < -0.39 is 23.8 Å². The summed E-state index contributed by atoms with van der Waals surface area (Å²) in [6.07, 6.45) is 1.26. The summed E-state index contributed by atoms with van der Waals surface area (Å²) in [6.45, 7) is 0. The minimum Gasteiger partial charge on any atom is -0.465 e. The van der Waals surface area contributed by atoms with E-state index in [0.29, 0.717) is 21.1 Å². The fraction of sp³-hybridized carbons (Fsp3) is 0.0645. The molecule has 2 amide bonds. The summed E-state index contributed by atoms with van der Waals surface area (Å²) >= 11 is 2.39. The highest BCUT2D eigenvalue weighted by atomic mass is 32.1. The lowest BCUT2D eigenvalue weighted by Gasteiger charge is -2.09. The van der Waals surface area contributed by atoms with E-state index in [4.69, 9.17) is 9.47 Å². The van der Waals surface area contributed by atoms with E-state index in [1.165, 1.54) is 55.2 Å². The van der Waals surface area contributed by atoms with Crippen molar-refractivity contribution in [3.63, 3.8) is 0 Å². The van der Waals surface area contributed by atoms with Crippen LogP contribution in [-0.2, 0) is 9.47 Å². The second kappa shape index (κ2) is 12.6. The molecule has 0 saturated heterocycles. The van der Waals surface area contributed by atoms with Gasteiger partial charge in [-0.1, -0.05) is 60.7 Å². The zero-order valence-electron chi connectivity index (χ0n) is 22.4. The standard InChI is InChI=1S/C31H23N3O6S2/c1-39-30(37)24-21(18-9-5-3-6-10-18)16-41-28(24)33-26(35)20-13-14-23(32-15-20)27(36)34-29-25(31(38)40-2)22(17-42-29)19-11-7-4-8-12-19/h3-17H,1-2H3,(H,33,35)(H,34,36). The molecule has 0 fully saturated rings. The van der Waals surface area contributed by atoms with Crippen molar-refractivity contribution < 1.29 is 28.7 Å². The van der Waals surface area contributed by atoms with E-state index >= 15 is 0 Å². The van der Waals surface area contributed by atoms with E-state index in [2.05, 4.69) is 15.6 Å². The van der Waals surface area contributed by atoms with Crippen molar-refractivity contribution in [2.45, 2.75) is 0 Å². The molecule has 0 atom stereocenters. The number of carbonyl (C=O) groups is 4. The van der Waals surface area contributed by atoms with Gasteiger partial charge in [-0.25, -0.2) is 9.59 Å². The molecule has 42 heavy (non-hydrogen) atoms. The van der Waals surface area contributed by atoms with Crippen molar-refractivity contribution in [2.24, 2.45) is 0 Å². The number of ether oxygens (including phenoxy) is 2. The molecule has 0 radical (unpaired) electrons. The first-order valence-electron chi connectivity index (χ1n) is 12.5. The smallest absolute Gasteiger partial charge is 0.341 e. The molecular weight excluding hydrogens is 574 g/mol. The van der Waals surface area contributed by atoms with Gasteiger partial charge in [0.1, 0.15) is 26.8 Å². The maximum Gasteiger partial charge on any atom is 0.341 e. The maximum absolute atomic E-state index is 13.0. The SMILES string of the molecule is COC(=O)c1c(-c2ccccc2)csc1NC(=O)c1ccc(C(=O)Nc2scc(-c3ccccc3)c2C(=O)OC)nc1. The Morgan fingerprint density at radius 2 is 1.12 bits per heavy atom. The van der Waals surface area contributed by atoms with Gasteiger partial charge in [-0.2, -0.15) is 0 Å². The Labute approximate surface area is 248 Å². The van der Waals surface area contributed by atoms with Gasteiger partial charge >= 0.3 is 11.9 Å². The number of benzene rings is 2. The van der Waals surface area contributed by atoms with E-state index in [1.54, 1.807) is 10.8 Å². The molecule has 5 aromatic rings. The predicted molar refractivity (Wildman–Crippen MR) is 162 cm³/mol. The van der Waals surface area contributed by atoms with Crippen LogP contribution in [0.15, 0.2) is 89.8 Å². The molecule has 2 aromatic carbocycles. The summed E-state index contributed by atoms with van der Waals surface area (Å²) in [5.74, 6) is -2.24. The fourth-order valence-electron chi connectivity index (χ4n) is 4.17. The van der Waals surface area contributed by atoms with Gasteiger partial charge in [-0.3, -0.25) is 14.6 Å². The third kappa shape index (κ3) is 5.82. The van der Waals surface area contributed by atoms with Crippen LogP contribution in [0.4, 0.5) is 10.0 Å². The number of rotatable bonds is 8. The summed E-state index contributed by atoms with van der Waals surface area (Å²) in [6, 6.07) is 21.4. The number of pyridine rings is 1. The van der Waals surface area contributed by atoms with E-state index in [9.17, 15) is 19.2 Å². The first kappa shape index (κ1) is 28.4. The molecule has 0 aliphatic rings. The second-order valence-electron chi connectivity index (χ2n) is 8.76. The third-order valence-corrected chi connectivity index (χ3v) is 8.03. The summed E-state index contributed by atoms with van der Waals surface area (Å²) in [5, 5.41) is 9.68. The van der Waals surface area contributed by atoms with Gasteiger partial charge in [0, 0.05) is 28.1 Å². The van der Waals surface area contributed by atoms with Gasteiger partial charge in [-0.05, 0) is 23.3 Å². The molecule has 0 aliphatic heterocycles. The number of carbonyl (C=O) groups excluding carboxylic acids is 4. The fourth-order valence-corrected chi connectivity index (χ4v) is 6.08. The summed E-state index contributed by atoms with van der Waals surface area (Å²) in [7, 11) is 2.55. The molecule has 5 rings (SSSR count). The molecule has 0 aliphatic carbocycles. The number of nitrogens with one attached hydrogen (secondary N) is 2. The van der Waals surface area contributed by atoms with Gasteiger partial charge in [0.15, 0.2) is 0 Å². The number of aromatic nitrogens is 1. The van der Waals surface area contributed by atoms with Crippen LogP contribution in [0, 0.1) is 0 Å². The summed E-state index contributed by atoms with van der Waals surface area (Å²) in [4.78, 5) is 55.4. The Morgan fingerprint density at radius 1 is 0.643 bits per heavy atom. The topological polar surface area (TPSA) is 124 Å². The number of nitrogens with zero attached hydrogens (tertiary/aromatic N) is 1. The number of hydrogen-bond acceptors (Lipinski definition) is 9. The van der Waals surface area contributed by atoms with Crippen molar-refractivity contribution in [1.82, 2.24) is 4.98 Å². The molecule has 0 bridgehead atoms. The van der Waals surface area contributed by atoms with Crippen molar-refractivity contribution in [3.8, 4) is 22.3 Å². The van der Waals surface area contributed by atoms with Crippen molar-refractivity contribution in [3.05, 3.63) is 112 Å². The lowest BCUT2D eigenvalue weighted by Crippen LogP contribution is -2.17. The minimum absolute atomic E-state index is 0.0368. The molecular formula is C31H23N3O6S2. The normalized spacial score (nSPS) is 10.5. The average Bonchev–Trinajstić information content (AvgIpc) is 3.65. The molecule has 2 N–H and O–H groups in total. The Bertz CT molecular complexity index is 1630. The quantitative estimate of drug-likeness (QED) is 0.193. The minimum atomic E-state index is -0.583. The number of thiophene rings is 2. The van der Waals surface area contributed by atoms with Crippen LogP contribution in [-0.4, -0.2) is 43.0 Å². The first-order chi connectivity index (χ1) is 20.4. The van der Waals surface area contributed by atoms with Gasteiger partial charge in [0.25, 0.3) is 11.8 Å². The van der Waals surface area contributed by atoms with Crippen LogP contribution in [0.1, 0.15) is 41.6 Å². The lowest BCUT2D eigenvalue weighted by atomic mass is 10.0. The van der Waals surface area contributed by atoms with Crippen molar-refractivity contribution in [2.75, 3.05) is 24.9 Å². The number of anilines is 2. The molecule has 0 saturated carbocycles. The van der Waals surface area contributed by atoms with E-state index in [-0.39, 0.29) is 22.4 Å². The number of esters is 2. The molecule has 9 nitrogen and oxygen atoms in total. The highest BCUT2D eigenvalue weighted by Gasteiger charge is 2.24. The highest BCUT2D eigenvalue weighted by molar-refractivity contribution is 7.15. The van der Waals surface area contributed by atoms with Crippen LogP contribution < -0.4 is 10.6 Å². The summed E-state index contributed by atoms with van der Waals surface area (Å²) < 4.78 is 9.92. The van der Waals surface area contributed by atoms with Gasteiger partial charge in [-0.15, -0.1) is 22.7 Å². The Kier molecular flexibility index (Phi) is 8.51. The monoisotopic (exact) mass is 597 g/mol. The van der Waals surface area contributed by atoms with Gasteiger partial charge in [0.2, 0.25) is 0 Å². The number of methoxy groups -OCH3 is 2. The molecule has 0 unspecified atom stereocenters. The maximum atomic E-state index is 13.0.